The Balaban J connectivity index is 1.16. The molecule has 1 aromatic carbocycles. The van der Waals surface area contributed by atoms with Crippen LogP contribution in [-0.2, 0) is 14.8 Å². The Morgan fingerprint density at radius 2 is 1.85 bits per heavy atom. The number of benzene rings is 1. The van der Waals surface area contributed by atoms with E-state index in [0.29, 0.717) is 51.5 Å². The zero-order valence-electron chi connectivity index (χ0n) is 26.0. The molecule has 2 saturated heterocycles. The molecule has 46 heavy (non-hydrogen) atoms. The molecule has 2 aliphatic rings. The predicted molar refractivity (Wildman–Crippen MR) is 170 cm³/mol. The number of halogens is 1. The number of carbonyl (C=O) groups is 1. The summed E-state index contributed by atoms with van der Waals surface area (Å²) >= 11 is 0. The molecule has 13 nitrogen and oxygen atoms in total. The maximum absolute atomic E-state index is 15.2. The topological polar surface area (TPSA) is 134 Å². The lowest BCUT2D eigenvalue weighted by molar-refractivity contribution is 0.0533. The van der Waals surface area contributed by atoms with Crippen molar-refractivity contribution >= 4 is 33.3 Å². The Morgan fingerprint density at radius 3 is 2.57 bits per heavy atom. The molecular weight excluding hydrogens is 615 g/mol. The number of fused-ring (bicyclic) bond motifs is 1. The number of ether oxygens (including phenoxy) is 1. The quantitative estimate of drug-likeness (QED) is 0.270. The number of rotatable bonds is 9. The van der Waals surface area contributed by atoms with Crippen LogP contribution in [0.2, 0.25) is 0 Å². The fourth-order valence-electron chi connectivity index (χ4n) is 5.44. The highest BCUT2D eigenvalue weighted by atomic mass is 32.2. The van der Waals surface area contributed by atoms with E-state index >= 15 is 4.39 Å². The summed E-state index contributed by atoms with van der Waals surface area (Å²) < 4.78 is 51.2. The van der Waals surface area contributed by atoms with Crippen molar-refractivity contribution < 1.29 is 22.3 Å². The summed E-state index contributed by atoms with van der Waals surface area (Å²) in [6.07, 6.45) is 6.76. The number of piperazine rings is 1. The highest BCUT2D eigenvalue weighted by Crippen LogP contribution is 2.28. The van der Waals surface area contributed by atoms with Gasteiger partial charge in [0.15, 0.2) is 0 Å². The van der Waals surface area contributed by atoms with Crippen LogP contribution in [0.5, 0.6) is 0 Å². The lowest BCUT2D eigenvalue weighted by Crippen LogP contribution is -2.51. The largest absolute Gasteiger partial charge is 0.449 e. The van der Waals surface area contributed by atoms with Crippen molar-refractivity contribution in [3.8, 4) is 11.1 Å². The first kappa shape index (κ1) is 31.6. The second-order valence-corrected chi connectivity index (χ2v) is 13.7. The number of hydrogen-bond acceptors (Lipinski definition) is 9. The van der Waals surface area contributed by atoms with Crippen LogP contribution in [0.4, 0.5) is 20.7 Å². The van der Waals surface area contributed by atoms with E-state index in [1.807, 2.05) is 35.8 Å². The van der Waals surface area contributed by atoms with Gasteiger partial charge in [-0.3, -0.25) is 13.9 Å². The summed E-state index contributed by atoms with van der Waals surface area (Å²) in [7, 11) is -1.91. The third kappa shape index (κ3) is 6.22. The van der Waals surface area contributed by atoms with Gasteiger partial charge in [-0.15, -0.1) is 0 Å². The number of nitrogens with zero attached hydrogens (tertiary/aromatic N) is 7. The zero-order valence-corrected chi connectivity index (χ0v) is 26.8. The molecule has 4 aromatic rings. The molecule has 0 spiro atoms. The van der Waals surface area contributed by atoms with Gasteiger partial charge in [-0.2, -0.15) is 9.40 Å². The average molecular weight is 653 g/mol. The van der Waals surface area contributed by atoms with Crippen LogP contribution in [-0.4, -0.2) is 101 Å². The molecule has 0 saturated carbocycles. The SMILES string of the molecule is CCCCOC(=O)N1CC(n2cc(-c3ccc4nc(Nc5ccc(S(=O)(=O)N6CCN(C)CC6)cc5F)c(C)c(=O)n4c3)cn2)C1. The van der Waals surface area contributed by atoms with Crippen molar-refractivity contribution in [2.24, 2.45) is 0 Å². The number of pyridine rings is 1. The number of likely N-dealkylation sites (N-methyl/N-ethyl adjacent to an activating group) is 1. The van der Waals surface area contributed by atoms with E-state index in [1.165, 1.54) is 20.8 Å². The van der Waals surface area contributed by atoms with Crippen molar-refractivity contribution in [2.45, 2.75) is 37.6 Å². The second kappa shape index (κ2) is 12.8. The third-order valence-electron chi connectivity index (χ3n) is 8.49. The lowest BCUT2D eigenvalue weighted by atomic mass is 10.1. The van der Waals surface area contributed by atoms with Gasteiger partial charge >= 0.3 is 6.09 Å². The standard InChI is InChI=1S/C31H37FN8O5S/c1-4-5-14-45-31(42)37-19-24(20-37)40-18-23(16-33-40)22-6-9-28-35-29(21(2)30(41)39(28)17-22)34-27-8-7-25(15-26(27)32)46(43,44)38-12-10-36(3)11-13-38/h6-9,15-18,24,34H,4-5,10-14,19-20H2,1-3H3. The van der Waals surface area contributed by atoms with Crippen LogP contribution >= 0.6 is 0 Å². The highest BCUT2D eigenvalue weighted by Gasteiger charge is 2.33. The summed E-state index contributed by atoms with van der Waals surface area (Å²) in [5, 5.41) is 7.34. The average Bonchev–Trinajstić information content (AvgIpc) is 3.50. The van der Waals surface area contributed by atoms with Crippen molar-refractivity contribution in [3.63, 3.8) is 0 Å². The first-order valence-electron chi connectivity index (χ1n) is 15.3. The van der Waals surface area contributed by atoms with Crippen molar-refractivity contribution in [2.75, 3.05) is 58.2 Å². The maximum Gasteiger partial charge on any atom is 0.409 e. The van der Waals surface area contributed by atoms with Gasteiger partial charge in [-0.1, -0.05) is 13.3 Å². The highest BCUT2D eigenvalue weighted by molar-refractivity contribution is 7.89. The lowest BCUT2D eigenvalue weighted by Gasteiger charge is -2.38. The first-order valence-corrected chi connectivity index (χ1v) is 16.7. The van der Waals surface area contributed by atoms with Crippen LogP contribution in [0.25, 0.3) is 16.8 Å². The number of nitrogens with one attached hydrogen (secondary N) is 1. The fourth-order valence-corrected chi connectivity index (χ4v) is 6.87. The Hall–Kier alpha value is -4.34. The van der Waals surface area contributed by atoms with Gasteiger partial charge in [0.2, 0.25) is 10.0 Å². The smallest absolute Gasteiger partial charge is 0.409 e. The molecule has 6 rings (SSSR count). The van der Waals surface area contributed by atoms with Crippen LogP contribution in [0.15, 0.2) is 58.6 Å². The van der Waals surface area contributed by atoms with E-state index in [-0.39, 0.29) is 39.7 Å². The molecule has 0 bridgehead atoms. The molecule has 5 heterocycles. The number of likely N-dealkylation sites (tertiary alicyclic amines) is 1. The molecule has 1 amide bonds. The zero-order chi connectivity index (χ0) is 32.6. The minimum absolute atomic E-state index is 0.00416. The van der Waals surface area contributed by atoms with E-state index in [0.717, 1.165) is 30.0 Å². The van der Waals surface area contributed by atoms with Crippen LogP contribution in [0, 0.1) is 12.7 Å². The van der Waals surface area contributed by atoms with Crippen LogP contribution in [0.3, 0.4) is 0 Å². The predicted octanol–water partition coefficient (Wildman–Crippen LogP) is 3.48. The van der Waals surface area contributed by atoms with Gasteiger partial charge in [0, 0.05) is 62.8 Å². The van der Waals surface area contributed by atoms with Crippen molar-refractivity contribution in [1.82, 2.24) is 33.3 Å². The monoisotopic (exact) mass is 652 g/mol. The fraction of sp³-hybridized carbons (Fsp3) is 0.419. The van der Waals surface area contributed by atoms with Gasteiger partial charge in [-0.05, 0) is 50.7 Å². The van der Waals surface area contributed by atoms with E-state index < -0.39 is 15.8 Å². The number of carbonyl (C=O) groups excluding carboxylic acids is 1. The van der Waals surface area contributed by atoms with Crippen molar-refractivity contribution in [3.05, 3.63) is 70.7 Å². The minimum Gasteiger partial charge on any atom is -0.449 e. The second-order valence-electron chi connectivity index (χ2n) is 11.7. The number of anilines is 2. The molecule has 1 N–H and O–H groups in total. The molecule has 0 atom stereocenters. The number of aromatic nitrogens is 4. The minimum atomic E-state index is -3.84. The van der Waals surface area contributed by atoms with Gasteiger partial charge in [0.1, 0.15) is 17.3 Å². The molecule has 0 unspecified atom stereocenters. The van der Waals surface area contributed by atoms with Crippen LogP contribution < -0.4 is 10.9 Å². The molecule has 2 fully saturated rings. The number of sulfonamides is 1. The number of unbranched alkanes of at least 4 members (excludes halogenated alkanes) is 1. The Kier molecular flexibility index (Phi) is 8.81. The van der Waals surface area contributed by atoms with Gasteiger partial charge < -0.3 is 19.9 Å². The Labute approximate surface area is 266 Å². The molecular formula is C31H37FN8O5S. The summed E-state index contributed by atoms with van der Waals surface area (Å²) in [6, 6.07) is 7.24. The van der Waals surface area contributed by atoms with Crippen molar-refractivity contribution in [1.29, 1.82) is 0 Å². The summed E-state index contributed by atoms with van der Waals surface area (Å²) in [4.78, 5) is 33.6. The molecule has 0 aliphatic carbocycles. The normalized spacial score (nSPS) is 16.5. The summed E-state index contributed by atoms with van der Waals surface area (Å²) in [5.41, 5.74) is 1.82. The number of hydrogen-bond donors (Lipinski definition) is 1. The van der Waals surface area contributed by atoms with E-state index in [9.17, 15) is 18.0 Å². The third-order valence-corrected chi connectivity index (χ3v) is 10.4. The van der Waals surface area contributed by atoms with Gasteiger partial charge in [0.05, 0.1) is 35.0 Å². The summed E-state index contributed by atoms with van der Waals surface area (Å²) in [6.45, 7) is 6.96. The molecule has 15 heteroatoms. The Morgan fingerprint density at radius 1 is 1.09 bits per heavy atom. The van der Waals surface area contributed by atoms with E-state index in [4.69, 9.17) is 4.74 Å². The van der Waals surface area contributed by atoms with Gasteiger partial charge in [0.25, 0.3) is 5.56 Å². The Bertz CT molecular complexity index is 1930. The van der Waals surface area contributed by atoms with E-state index in [2.05, 4.69) is 15.4 Å². The molecule has 3 aromatic heterocycles. The number of amides is 1. The van der Waals surface area contributed by atoms with Gasteiger partial charge in [-0.25, -0.2) is 22.6 Å². The molecule has 0 radical (unpaired) electrons. The molecule has 2 aliphatic heterocycles. The van der Waals surface area contributed by atoms with Crippen LogP contribution in [0.1, 0.15) is 31.4 Å². The van der Waals surface area contributed by atoms with E-state index in [1.54, 1.807) is 30.3 Å². The maximum atomic E-state index is 15.2. The summed E-state index contributed by atoms with van der Waals surface area (Å²) in [5.74, 6) is -0.603. The molecule has 244 valence electrons. The first-order chi connectivity index (χ1) is 22.0.